The van der Waals surface area contributed by atoms with E-state index in [1.807, 2.05) is 18.2 Å². The lowest BCUT2D eigenvalue weighted by atomic mass is 10.2. The molecule has 2 rings (SSSR count). The van der Waals surface area contributed by atoms with Crippen LogP contribution in [0.25, 0.3) is 6.08 Å². The van der Waals surface area contributed by atoms with Crippen molar-refractivity contribution < 1.29 is 17.3 Å². The van der Waals surface area contributed by atoms with Crippen molar-refractivity contribution in [3.05, 3.63) is 35.2 Å². The van der Waals surface area contributed by atoms with Crippen molar-refractivity contribution in [1.29, 1.82) is 0 Å². The van der Waals surface area contributed by atoms with Gasteiger partial charge >= 0.3 is 7.25 Å². The molecule has 14 heavy (non-hydrogen) atoms. The summed E-state index contributed by atoms with van der Waals surface area (Å²) in [5.41, 5.74) is 1.29. The van der Waals surface area contributed by atoms with E-state index in [-0.39, 0.29) is 0 Å². The number of fused-ring (bicyclic) bond motifs is 1. The Kier molecular flexibility index (Phi) is 3.55. The highest BCUT2D eigenvalue weighted by Gasteiger charge is 2.20. The molecule has 0 spiro atoms. The SMILES string of the molecule is F[B-](F)(F)F.[C+]1=Cc2ccccc2S1. The highest BCUT2D eigenvalue weighted by molar-refractivity contribution is 8.01. The maximum absolute atomic E-state index is 9.75. The van der Waals surface area contributed by atoms with Gasteiger partial charge in [-0.1, -0.05) is 6.07 Å². The standard InChI is InChI=1S/C8H5S.BF4/c1-2-4-8-7(3-1)5-6-9-8;2-1(3,4)5/h1-5H;/q+1;-1. The fourth-order valence-electron chi connectivity index (χ4n) is 0.849. The summed E-state index contributed by atoms with van der Waals surface area (Å²) in [4.78, 5) is 1.32. The Bertz CT molecular complexity index is 328. The van der Waals surface area contributed by atoms with Crippen molar-refractivity contribution in [3.8, 4) is 0 Å². The summed E-state index contributed by atoms with van der Waals surface area (Å²) in [6.45, 7) is 0. The fourth-order valence-corrected chi connectivity index (χ4v) is 1.55. The molecule has 0 unspecified atom stereocenters. The molecule has 0 aliphatic carbocycles. The van der Waals surface area contributed by atoms with Gasteiger partial charge in [-0.3, -0.25) is 0 Å². The molecule has 0 aromatic heterocycles. The zero-order valence-corrected chi connectivity index (χ0v) is 7.70. The molecule has 0 nitrogen and oxygen atoms in total. The quantitative estimate of drug-likeness (QED) is 0.363. The lowest BCUT2D eigenvalue weighted by molar-refractivity contribution is 0.368. The Labute approximate surface area is 83.1 Å². The third-order valence-electron chi connectivity index (χ3n) is 1.30. The summed E-state index contributed by atoms with van der Waals surface area (Å²) in [5.74, 6) is 0. The Balaban J connectivity index is 0.000000171. The van der Waals surface area contributed by atoms with Crippen LogP contribution < -0.4 is 0 Å². The van der Waals surface area contributed by atoms with Gasteiger partial charge in [0.15, 0.2) is 6.08 Å². The molecule has 0 saturated heterocycles. The first-order chi connectivity index (χ1) is 6.47. The summed E-state index contributed by atoms with van der Waals surface area (Å²) >= 11 is 1.66. The molecule has 0 N–H and O–H groups in total. The summed E-state index contributed by atoms with van der Waals surface area (Å²) in [5, 5.41) is 3.08. The van der Waals surface area contributed by atoms with Gasteiger partial charge in [0.25, 0.3) is 0 Å². The van der Waals surface area contributed by atoms with E-state index in [0.717, 1.165) is 0 Å². The van der Waals surface area contributed by atoms with E-state index in [0.29, 0.717) is 0 Å². The van der Waals surface area contributed by atoms with E-state index in [4.69, 9.17) is 0 Å². The van der Waals surface area contributed by atoms with Gasteiger partial charge in [0, 0.05) is 6.07 Å². The molecule has 1 heterocycles. The maximum atomic E-state index is 9.75. The molecular weight excluding hydrogens is 215 g/mol. The van der Waals surface area contributed by atoms with Crippen molar-refractivity contribution in [2.24, 2.45) is 0 Å². The van der Waals surface area contributed by atoms with Crippen molar-refractivity contribution >= 4 is 25.1 Å². The molecule has 1 aliphatic rings. The Morgan fingerprint density at radius 3 is 2.21 bits per heavy atom. The minimum Gasteiger partial charge on any atom is -0.418 e. The fraction of sp³-hybridized carbons (Fsp3) is 0. The molecule has 0 radical (unpaired) electrons. The Morgan fingerprint density at radius 1 is 1.07 bits per heavy atom. The highest BCUT2D eigenvalue weighted by atomic mass is 32.2. The van der Waals surface area contributed by atoms with Crippen LogP contribution in [0.3, 0.4) is 0 Å². The normalized spacial score (nSPS) is 12.6. The number of rotatable bonds is 0. The molecule has 0 saturated carbocycles. The van der Waals surface area contributed by atoms with Gasteiger partial charge in [0.2, 0.25) is 0 Å². The predicted molar refractivity (Wildman–Crippen MR) is 50.2 cm³/mol. The monoisotopic (exact) mass is 220 g/mol. The van der Waals surface area contributed by atoms with Crippen LogP contribution in [0.4, 0.5) is 17.3 Å². The molecule has 0 fully saturated rings. The second kappa shape index (κ2) is 4.48. The summed E-state index contributed by atoms with van der Waals surface area (Å²) < 4.78 is 39.0. The van der Waals surface area contributed by atoms with Gasteiger partial charge in [-0.2, -0.15) is 0 Å². The van der Waals surface area contributed by atoms with Crippen LogP contribution in [-0.4, -0.2) is 7.25 Å². The predicted octanol–water partition coefficient (Wildman–Crippen LogP) is 3.87. The molecule has 1 aromatic rings. The molecule has 74 valence electrons. The van der Waals surface area contributed by atoms with Crippen LogP contribution in [0.5, 0.6) is 0 Å². The van der Waals surface area contributed by atoms with E-state index in [1.54, 1.807) is 11.8 Å². The lowest BCUT2D eigenvalue weighted by Gasteiger charge is -1.94. The third-order valence-corrected chi connectivity index (χ3v) is 2.13. The second-order valence-electron chi connectivity index (χ2n) is 2.40. The molecule has 1 aromatic carbocycles. The van der Waals surface area contributed by atoms with Gasteiger partial charge in [-0.05, 0) is 12.1 Å². The van der Waals surface area contributed by atoms with Gasteiger partial charge in [-0.25, -0.2) is 0 Å². The number of halogens is 4. The van der Waals surface area contributed by atoms with Crippen LogP contribution in [-0.2, 0) is 0 Å². The largest absolute Gasteiger partial charge is 0.673 e. The smallest absolute Gasteiger partial charge is 0.418 e. The van der Waals surface area contributed by atoms with E-state index < -0.39 is 7.25 Å². The highest BCUT2D eigenvalue weighted by Crippen LogP contribution is 2.30. The minimum atomic E-state index is -6.00. The number of hydrogen-bond donors (Lipinski definition) is 0. The van der Waals surface area contributed by atoms with Crippen LogP contribution in [0, 0.1) is 5.41 Å². The van der Waals surface area contributed by atoms with E-state index in [9.17, 15) is 17.3 Å². The Morgan fingerprint density at radius 2 is 1.64 bits per heavy atom. The van der Waals surface area contributed by atoms with Crippen LogP contribution >= 0.6 is 11.8 Å². The molecule has 0 bridgehead atoms. The summed E-state index contributed by atoms with van der Waals surface area (Å²) in [6.07, 6.45) is 2.01. The molecule has 6 heteroatoms. The van der Waals surface area contributed by atoms with Gasteiger partial charge in [0.1, 0.15) is 15.9 Å². The number of benzene rings is 1. The van der Waals surface area contributed by atoms with Crippen LogP contribution in [0.15, 0.2) is 29.2 Å². The number of hydrogen-bond acceptors (Lipinski definition) is 1. The van der Waals surface area contributed by atoms with Gasteiger partial charge in [0.05, 0.1) is 11.8 Å². The van der Waals surface area contributed by atoms with E-state index in [1.165, 1.54) is 10.5 Å². The first-order valence-electron chi connectivity index (χ1n) is 3.69. The average Bonchev–Trinajstić information content (AvgIpc) is 2.47. The molecular formula is C8H5BF4S. The average molecular weight is 220 g/mol. The zero-order chi connectivity index (χ0) is 10.6. The minimum absolute atomic E-state index is 1.29. The second-order valence-corrected chi connectivity index (χ2v) is 3.28. The maximum Gasteiger partial charge on any atom is 0.673 e. The van der Waals surface area contributed by atoms with Crippen molar-refractivity contribution in [1.82, 2.24) is 0 Å². The van der Waals surface area contributed by atoms with E-state index in [2.05, 4.69) is 17.5 Å². The first-order valence-corrected chi connectivity index (χ1v) is 4.50. The molecule has 0 atom stereocenters. The van der Waals surface area contributed by atoms with Crippen molar-refractivity contribution in [2.75, 3.05) is 0 Å². The third kappa shape index (κ3) is 4.30. The van der Waals surface area contributed by atoms with Gasteiger partial charge in [-0.15, -0.1) is 0 Å². The van der Waals surface area contributed by atoms with E-state index >= 15 is 0 Å². The lowest BCUT2D eigenvalue weighted by Crippen LogP contribution is -2.02. The van der Waals surface area contributed by atoms with Crippen molar-refractivity contribution in [3.63, 3.8) is 0 Å². The first kappa shape index (κ1) is 11.1. The van der Waals surface area contributed by atoms with Gasteiger partial charge < -0.3 is 17.3 Å². The number of thioether (sulfide) groups is 1. The molecule has 1 aliphatic heterocycles. The summed E-state index contributed by atoms with van der Waals surface area (Å²) in [7, 11) is -6.00. The molecule has 0 amide bonds. The Hall–Kier alpha value is -0.995. The van der Waals surface area contributed by atoms with Crippen molar-refractivity contribution in [2.45, 2.75) is 4.90 Å². The van der Waals surface area contributed by atoms with Crippen LogP contribution in [0.2, 0.25) is 0 Å². The van der Waals surface area contributed by atoms with Crippen LogP contribution in [0.1, 0.15) is 5.56 Å². The summed E-state index contributed by atoms with van der Waals surface area (Å²) in [6, 6.07) is 8.30. The topological polar surface area (TPSA) is 0 Å². The zero-order valence-electron chi connectivity index (χ0n) is 6.88.